The van der Waals surface area contributed by atoms with E-state index in [2.05, 4.69) is 55.5 Å². The van der Waals surface area contributed by atoms with Gasteiger partial charge in [-0.05, 0) is 61.1 Å². The fraction of sp³-hybridized carbons (Fsp3) is 0.167. The molecule has 0 aliphatic carbocycles. The molecule has 0 radical (unpaired) electrons. The standard InChI is InChI=1S/C36H34N8O2/c45-35(37-29-21-9-3-10-22-29)31-33(43(41-39-31)25-13-19-27-15-5-1-6-16-27)34-32(36(46)38-30-23-11-4-12-24-30)40-42-44(34)26-14-20-28-17-7-2-8-18-28/h1-12,15-18,21-24H,13-14,19-20,25-26H2,(H,37,45)(H,38,46). The number of amides is 2. The summed E-state index contributed by atoms with van der Waals surface area (Å²) in [5, 5.41) is 23.4. The first-order chi connectivity index (χ1) is 22.7. The number of hydrogen-bond acceptors (Lipinski definition) is 6. The summed E-state index contributed by atoms with van der Waals surface area (Å²) in [4.78, 5) is 27.5. The number of carbonyl (C=O) groups excluding carboxylic acids is 2. The summed E-state index contributed by atoms with van der Waals surface area (Å²) in [7, 11) is 0. The number of anilines is 2. The number of hydrogen-bond donors (Lipinski definition) is 2. The second-order valence-corrected chi connectivity index (χ2v) is 10.8. The molecule has 0 saturated carbocycles. The van der Waals surface area contributed by atoms with Crippen LogP contribution in [-0.4, -0.2) is 41.8 Å². The van der Waals surface area contributed by atoms with Crippen LogP contribution in [0.15, 0.2) is 121 Å². The molecule has 0 bridgehead atoms. The fourth-order valence-electron chi connectivity index (χ4n) is 5.29. The van der Waals surface area contributed by atoms with Gasteiger partial charge in [-0.25, -0.2) is 9.36 Å². The highest BCUT2D eigenvalue weighted by Gasteiger charge is 2.30. The van der Waals surface area contributed by atoms with Crippen LogP contribution in [0.1, 0.15) is 44.9 Å². The predicted octanol–water partition coefficient (Wildman–Crippen LogP) is 6.31. The number of rotatable bonds is 13. The highest BCUT2D eigenvalue weighted by Crippen LogP contribution is 2.28. The minimum Gasteiger partial charge on any atom is -0.321 e. The summed E-state index contributed by atoms with van der Waals surface area (Å²) in [6.45, 7) is 0.926. The number of aryl methyl sites for hydroxylation is 4. The zero-order valence-electron chi connectivity index (χ0n) is 25.3. The largest absolute Gasteiger partial charge is 0.321 e. The Morgan fingerprint density at radius 2 is 0.848 bits per heavy atom. The van der Waals surface area contributed by atoms with Crippen molar-refractivity contribution in [2.75, 3.05) is 10.6 Å². The number of para-hydroxylation sites is 2. The highest BCUT2D eigenvalue weighted by molar-refractivity contribution is 6.10. The van der Waals surface area contributed by atoms with Gasteiger partial charge in [0.2, 0.25) is 0 Å². The molecule has 2 heterocycles. The summed E-state index contributed by atoms with van der Waals surface area (Å²) >= 11 is 0. The zero-order valence-corrected chi connectivity index (χ0v) is 25.3. The minimum atomic E-state index is -0.443. The first-order valence-corrected chi connectivity index (χ1v) is 15.3. The van der Waals surface area contributed by atoms with E-state index in [1.165, 1.54) is 11.1 Å². The smallest absolute Gasteiger partial charge is 0.278 e. The van der Waals surface area contributed by atoms with Gasteiger partial charge in [0.15, 0.2) is 11.4 Å². The summed E-state index contributed by atoms with van der Waals surface area (Å²) in [6, 6.07) is 38.7. The van der Waals surface area contributed by atoms with Crippen LogP contribution in [0.5, 0.6) is 0 Å². The molecule has 6 aromatic rings. The third-order valence-electron chi connectivity index (χ3n) is 7.54. The lowest BCUT2D eigenvalue weighted by molar-refractivity contribution is 0.101. The number of nitrogens with one attached hydrogen (secondary N) is 2. The van der Waals surface area contributed by atoms with Crippen molar-refractivity contribution in [3.05, 3.63) is 144 Å². The maximum atomic E-state index is 13.7. The molecule has 0 atom stereocenters. The van der Waals surface area contributed by atoms with E-state index in [1.807, 2.05) is 72.8 Å². The summed E-state index contributed by atoms with van der Waals surface area (Å²) in [5.41, 5.74) is 4.59. The molecule has 0 aliphatic heterocycles. The van der Waals surface area contributed by atoms with Gasteiger partial charge >= 0.3 is 0 Å². The third-order valence-corrected chi connectivity index (χ3v) is 7.54. The van der Waals surface area contributed by atoms with Crippen molar-refractivity contribution in [1.29, 1.82) is 0 Å². The van der Waals surface area contributed by atoms with Gasteiger partial charge in [0.1, 0.15) is 11.4 Å². The Balaban J connectivity index is 1.37. The van der Waals surface area contributed by atoms with Gasteiger partial charge in [0.25, 0.3) is 11.8 Å². The Morgan fingerprint density at radius 3 is 1.22 bits per heavy atom. The van der Waals surface area contributed by atoms with Crippen molar-refractivity contribution in [2.45, 2.75) is 38.8 Å². The lowest BCUT2D eigenvalue weighted by atomic mass is 10.1. The maximum Gasteiger partial charge on any atom is 0.278 e. The number of carbonyl (C=O) groups is 2. The second-order valence-electron chi connectivity index (χ2n) is 10.8. The quantitative estimate of drug-likeness (QED) is 0.158. The molecule has 0 aliphatic rings. The van der Waals surface area contributed by atoms with Crippen molar-refractivity contribution in [2.24, 2.45) is 0 Å². The first-order valence-electron chi connectivity index (χ1n) is 15.3. The van der Waals surface area contributed by atoms with Crippen molar-refractivity contribution in [3.63, 3.8) is 0 Å². The molecule has 10 nitrogen and oxygen atoms in total. The summed E-state index contributed by atoms with van der Waals surface area (Å²) < 4.78 is 3.38. The average molecular weight is 611 g/mol. The maximum absolute atomic E-state index is 13.7. The summed E-state index contributed by atoms with van der Waals surface area (Å²) in [6.07, 6.45) is 3.09. The Kier molecular flexibility index (Phi) is 9.64. The van der Waals surface area contributed by atoms with Crippen molar-refractivity contribution >= 4 is 23.2 Å². The molecule has 2 N–H and O–H groups in total. The minimum absolute atomic E-state index is 0.0870. The Morgan fingerprint density at radius 1 is 0.500 bits per heavy atom. The van der Waals surface area contributed by atoms with E-state index in [0.717, 1.165) is 25.7 Å². The van der Waals surface area contributed by atoms with E-state index in [9.17, 15) is 9.59 Å². The van der Waals surface area contributed by atoms with Gasteiger partial charge in [-0.2, -0.15) is 0 Å². The molecule has 230 valence electrons. The predicted molar refractivity (Wildman–Crippen MR) is 177 cm³/mol. The van der Waals surface area contributed by atoms with Crippen LogP contribution in [0.3, 0.4) is 0 Å². The van der Waals surface area contributed by atoms with E-state index in [1.54, 1.807) is 33.6 Å². The molecule has 6 rings (SSSR count). The van der Waals surface area contributed by atoms with E-state index < -0.39 is 11.8 Å². The van der Waals surface area contributed by atoms with E-state index >= 15 is 0 Å². The van der Waals surface area contributed by atoms with Gasteiger partial charge in [-0.3, -0.25) is 9.59 Å². The molecule has 4 aromatic carbocycles. The van der Waals surface area contributed by atoms with E-state index in [0.29, 0.717) is 35.9 Å². The van der Waals surface area contributed by atoms with Crippen LogP contribution < -0.4 is 10.6 Å². The molecule has 0 fully saturated rings. The molecule has 2 amide bonds. The average Bonchev–Trinajstić information content (AvgIpc) is 3.71. The highest BCUT2D eigenvalue weighted by atomic mass is 16.2. The monoisotopic (exact) mass is 610 g/mol. The lowest BCUT2D eigenvalue weighted by Gasteiger charge is -2.13. The molecule has 0 spiro atoms. The van der Waals surface area contributed by atoms with Crippen molar-refractivity contribution in [3.8, 4) is 11.4 Å². The Hall–Kier alpha value is -5.90. The van der Waals surface area contributed by atoms with Crippen LogP contribution in [0.25, 0.3) is 11.4 Å². The molecule has 10 heteroatoms. The molecular formula is C36H34N8O2. The summed E-state index contributed by atoms with van der Waals surface area (Å²) in [5.74, 6) is -0.885. The molecule has 2 aromatic heterocycles. The fourth-order valence-corrected chi connectivity index (χ4v) is 5.29. The molecule has 0 saturated heterocycles. The van der Waals surface area contributed by atoms with Crippen LogP contribution in [0.2, 0.25) is 0 Å². The van der Waals surface area contributed by atoms with Gasteiger partial charge < -0.3 is 10.6 Å². The zero-order chi connectivity index (χ0) is 31.6. The van der Waals surface area contributed by atoms with Crippen LogP contribution >= 0.6 is 0 Å². The van der Waals surface area contributed by atoms with Crippen LogP contribution in [0, 0.1) is 0 Å². The van der Waals surface area contributed by atoms with Gasteiger partial charge in [-0.1, -0.05) is 107 Å². The van der Waals surface area contributed by atoms with Crippen molar-refractivity contribution in [1.82, 2.24) is 30.0 Å². The van der Waals surface area contributed by atoms with E-state index in [-0.39, 0.29) is 11.4 Å². The van der Waals surface area contributed by atoms with E-state index in [4.69, 9.17) is 0 Å². The number of nitrogens with zero attached hydrogens (tertiary/aromatic N) is 6. The SMILES string of the molecule is O=C(Nc1ccccc1)c1nnn(CCCc2ccccc2)c1-c1c(C(=O)Nc2ccccc2)nnn1CCCc1ccccc1. The van der Waals surface area contributed by atoms with Gasteiger partial charge in [0, 0.05) is 24.5 Å². The normalized spacial score (nSPS) is 10.9. The molecule has 46 heavy (non-hydrogen) atoms. The van der Waals surface area contributed by atoms with Gasteiger partial charge in [0.05, 0.1) is 0 Å². The topological polar surface area (TPSA) is 120 Å². The van der Waals surface area contributed by atoms with Crippen LogP contribution in [0.4, 0.5) is 11.4 Å². The Labute approximate surface area is 267 Å². The van der Waals surface area contributed by atoms with Gasteiger partial charge in [-0.15, -0.1) is 10.2 Å². The number of benzene rings is 4. The second kappa shape index (κ2) is 14.7. The first kappa shape index (κ1) is 30.1. The molecular weight excluding hydrogens is 576 g/mol. The third kappa shape index (κ3) is 7.41. The van der Waals surface area contributed by atoms with Crippen molar-refractivity contribution < 1.29 is 9.59 Å². The van der Waals surface area contributed by atoms with Crippen LogP contribution in [-0.2, 0) is 25.9 Å². The number of aromatic nitrogens is 6. The Bertz CT molecular complexity index is 1730. The molecule has 0 unspecified atom stereocenters. The lowest BCUT2D eigenvalue weighted by Crippen LogP contribution is -2.19.